The first-order chi connectivity index (χ1) is 8.24. The monoisotopic (exact) mass is 255 g/mol. The Hall–Kier alpha value is -1.20. The van der Waals surface area contributed by atoms with Gasteiger partial charge in [-0.05, 0) is 13.8 Å². The van der Waals surface area contributed by atoms with Gasteiger partial charge in [-0.3, -0.25) is 0 Å². The molecule has 1 aromatic rings. The van der Waals surface area contributed by atoms with Crippen LogP contribution < -0.4 is 0 Å². The van der Waals surface area contributed by atoms with E-state index in [2.05, 4.69) is 4.98 Å². The van der Waals surface area contributed by atoms with E-state index in [4.69, 9.17) is 9.47 Å². The largest absolute Gasteiger partial charge is 0.463 e. The topological polar surface area (TPSA) is 48.4 Å². The fourth-order valence-corrected chi connectivity index (χ4v) is 1.98. The Morgan fingerprint density at radius 3 is 3.06 bits per heavy atom. The Morgan fingerprint density at radius 2 is 2.41 bits per heavy atom. The summed E-state index contributed by atoms with van der Waals surface area (Å²) in [6.45, 7) is 5.23. The van der Waals surface area contributed by atoms with Gasteiger partial charge < -0.3 is 9.47 Å². The van der Waals surface area contributed by atoms with Crippen LogP contribution in [0.25, 0.3) is 0 Å². The van der Waals surface area contributed by atoms with Crippen molar-refractivity contribution in [1.29, 1.82) is 0 Å². The SMILES string of the molecule is CCOC(=O)/C=C/COCCc1scnc1C. The molecule has 0 aromatic carbocycles. The Kier molecular flexibility index (Phi) is 6.50. The lowest BCUT2D eigenvalue weighted by molar-refractivity contribution is -0.137. The third kappa shape index (κ3) is 5.60. The number of ether oxygens (including phenoxy) is 2. The molecule has 0 saturated heterocycles. The minimum Gasteiger partial charge on any atom is -0.463 e. The van der Waals surface area contributed by atoms with E-state index < -0.39 is 0 Å². The van der Waals surface area contributed by atoms with Gasteiger partial charge in [-0.2, -0.15) is 0 Å². The van der Waals surface area contributed by atoms with Crippen LogP contribution in [-0.4, -0.2) is 30.8 Å². The predicted octanol–water partition coefficient (Wildman–Crippen LogP) is 2.13. The average Bonchev–Trinajstić information content (AvgIpc) is 2.70. The number of hydrogen-bond acceptors (Lipinski definition) is 5. The minimum atomic E-state index is -0.325. The summed E-state index contributed by atoms with van der Waals surface area (Å²) >= 11 is 1.64. The fourth-order valence-electron chi connectivity index (χ4n) is 1.22. The molecule has 4 nitrogen and oxygen atoms in total. The lowest BCUT2D eigenvalue weighted by Gasteiger charge is -2.00. The third-order valence-corrected chi connectivity index (χ3v) is 3.07. The second kappa shape index (κ2) is 7.97. The highest BCUT2D eigenvalue weighted by Gasteiger charge is 2.00. The minimum absolute atomic E-state index is 0.325. The van der Waals surface area contributed by atoms with Crippen molar-refractivity contribution in [3.8, 4) is 0 Å². The van der Waals surface area contributed by atoms with Crippen LogP contribution in [0.3, 0.4) is 0 Å². The van der Waals surface area contributed by atoms with Gasteiger partial charge >= 0.3 is 5.97 Å². The van der Waals surface area contributed by atoms with Crippen molar-refractivity contribution in [2.75, 3.05) is 19.8 Å². The number of aromatic nitrogens is 1. The van der Waals surface area contributed by atoms with Gasteiger partial charge in [0.15, 0.2) is 0 Å². The van der Waals surface area contributed by atoms with Crippen LogP contribution in [0.1, 0.15) is 17.5 Å². The number of carbonyl (C=O) groups is 1. The Balaban J connectivity index is 2.09. The van der Waals surface area contributed by atoms with E-state index in [0.29, 0.717) is 19.8 Å². The molecule has 0 fully saturated rings. The Morgan fingerprint density at radius 1 is 1.59 bits per heavy atom. The van der Waals surface area contributed by atoms with Gasteiger partial charge in [0.25, 0.3) is 0 Å². The number of esters is 1. The van der Waals surface area contributed by atoms with E-state index in [1.807, 2.05) is 12.4 Å². The van der Waals surface area contributed by atoms with Crippen molar-refractivity contribution >= 4 is 17.3 Å². The van der Waals surface area contributed by atoms with E-state index in [9.17, 15) is 4.79 Å². The lowest BCUT2D eigenvalue weighted by atomic mass is 10.3. The van der Waals surface area contributed by atoms with Gasteiger partial charge in [-0.1, -0.05) is 6.08 Å². The van der Waals surface area contributed by atoms with Crippen LogP contribution in [-0.2, 0) is 20.7 Å². The fraction of sp³-hybridized carbons (Fsp3) is 0.500. The van der Waals surface area contributed by atoms with Crippen LogP contribution in [0, 0.1) is 6.92 Å². The number of aryl methyl sites for hydroxylation is 1. The second-order valence-corrected chi connectivity index (χ2v) is 4.28. The van der Waals surface area contributed by atoms with Crippen LogP contribution in [0.2, 0.25) is 0 Å². The maximum atomic E-state index is 10.9. The number of carbonyl (C=O) groups excluding carboxylic acids is 1. The normalized spacial score (nSPS) is 10.9. The molecular weight excluding hydrogens is 238 g/mol. The van der Waals surface area contributed by atoms with Gasteiger partial charge in [-0.15, -0.1) is 11.3 Å². The highest BCUT2D eigenvalue weighted by molar-refractivity contribution is 7.09. The first kappa shape index (κ1) is 13.9. The van der Waals surface area contributed by atoms with Crippen LogP contribution in [0.5, 0.6) is 0 Å². The van der Waals surface area contributed by atoms with Gasteiger partial charge in [0.2, 0.25) is 0 Å². The zero-order valence-corrected chi connectivity index (χ0v) is 11.0. The summed E-state index contributed by atoms with van der Waals surface area (Å²) < 4.78 is 10.1. The first-order valence-corrected chi connectivity index (χ1v) is 6.42. The summed E-state index contributed by atoms with van der Waals surface area (Å²) in [5.74, 6) is -0.325. The highest BCUT2D eigenvalue weighted by atomic mass is 32.1. The van der Waals surface area contributed by atoms with Crippen LogP contribution in [0.15, 0.2) is 17.7 Å². The summed E-state index contributed by atoms with van der Waals surface area (Å²) in [7, 11) is 0. The molecule has 1 heterocycles. The van der Waals surface area contributed by atoms with E-state index in [0.717, 1.165) is 12.1 Å². The third-order valence-electron chi connectivity index (χ3n) is 2.07. The quantitative estimate of drug-likeness (QED) is 0.425. The number of rotatable bonds is 7. The second-order valence-electron chi connectivity index (χ2n) is 3.34. The first-order valence-electron chi connectivity index (χ1n) is 5.54. The van der Waals surface area contributed by atoms with Gasteiger partial charge in [0.1, 0.15) is 0 Å². The average molecular weight is 255 g/mol. The molecule has 0 saturated carbocycles. The van der Waals surface area contributed by atoms with Gasteiger partial charge in [0, 0.05) is 17.4 Å². The van der Waals surface area contributed by atoms with Crippen LogP contribution >= 0.6 is 11.3 Å². The summed E-state index contributed by atoms with van der Waals surface area (Å²) in [4.78, 5) is 16.3. The van der Waals surface area contributed by atoms with Gasteiger partial charge in [0.05, 0.1) is 31.0 Å². The molecule has 5 heteroatoms. The highest BCUT2D eigenvalue weighted by Crippen LogP contribution is 2.12. The van der Waals surface area contributed by atoms with Crippen molar-refractivity contribution in [1.82, 2.24) is 4.98 Å². The van der Waals surface area contributed by atoms with Crippen molar-refractivity contribution in [2.24, 2.45) is 0 Å². The van der Waals surface area contributed by atoms with E-state index in [1.54, 1.807) is 24.3 Å². The molecule has 0 aliphatic rings. The summed E-state index contributed by atoms with van der Waals surface area (Å²) in [6.07, 6.45) is 3.92. The maximum absolute atomic E-state index is 10.9. The van der Waals surface area contributed by atoms with Crippen molar-refractivity contribution in [2.45, 2.75) is 20.3 Å². The number of hydrogen-bond donors (Lipinski definition) is 0. The molecule has 0 aliphatic carbocycles. The molecular formula is C12H17NO3S. The predicted molar refractivity (Wildman–Crippen MR) is 67.1 cm³/mol. The maximum Gasteiger partial charge on any atom is 0.330 e. The molecule has 0 radical (unpaired) electrons. The molecule has 1 rings (SSSR count). The zero-order chi connectivity index (χ0) is 12.5. The molecule has 17 heavy (non-hydrogen) atoms. The molecule has 0 spiro atoms. The smallest absolute Gasteiger partial charge is 0.330 e. The molecule has 94 valence electrons. The molecule has 0 aliphatic heterocycles. The molecule has 0 unspecified atom stereocenters. The van der Waals surface area contributed by atoms with Crippen molar-refractivity contribution < 1.29 is 14.3 Å². The Labute approximate surface area is 105 Å². The summed E-state index contributed by atoms with van der Waals surface area (Å²) in [6, 6.07) is 0. The summed E-state index contributed by atoms with van der Waals surface area (Å²) in [5.41, 5.74) is 2.91. The van der Waals surface area contributed by atoms with Gasteiger partial charge in [-0.25, -0.2) is 9.78 Å². The molecule has 0 amide bonds. The molecule has 1 aromatic heterocycles. The number of thiazole rings is 1. The van der Waals surface area contributed by atoms with Crippen molar-refractivity contribution in [3.63, 3.8) is 0 Å². The standard InChI is InChI=1S/C12H17NO3S/c1-3-16-12(14)5-4-7-15-8-6-11-10(2)13-9-17-11/h4-5,9H,3,6-8H2,1-2H3/b5-4+. The molecule has 0 atom stereocenters. The number of nitrogens with zero attached hydrogens (tertiary/aromatic N) is 1. The Bertz CT molecular complexity index is 374. The van der Waals surface area contributed by atoms with Crippen LogP contribution in [0.4, 0.5) is 0 Å². The van der Waals surface area contributed by atoms with E-state index >= 15 is 0 Å². The zero-order valence-electron chi connectivity index (χ0n) is 10.1. The summed E-state index contributed by atoms with van der Waals surface area (Å²) in [5, 5.41) is 0. The van der Waals surface area contributed by atoms with E-state index in [-0.39, 0.29) is 5.97 Å². The molecule has 0 bridgehead atoms. The van der Waals surface area contributed by atoms with Crippen molar-refractivity contribution in [3.05, 3.63) is 28.2 Å². The lowest BCUT2D eigenvalue weighted by Crippen LogP contribution is -2.01. The van der Waals surface area contributed by atoms with E-state index in [1.165, 1.54) is 11.0 Å². The molecule has 0 N–H and O–H groups in total.